The van der Waals surface area contributed by atoms with Crippen LogP contribution < -0.4 is 9.64 Å². The van der Waals surface area contributed by atoms with Crippen LogP contribution in [0.25, 0.3) is 0 Å². The van der Waals surface area contributed by atoms with Crippen molar-refractivity contribution < 1.29 is 26.7 Å². The third-order valence-corrected chi connectivity index (χ3v) is 5.96. The Kier molecular flexibility index (Phi) is 3.76. The maximum atomic E-state index is 12.2. The number of fused-ring (bicyclic) bond motifs is 1. The number of benzene rings is 1. The third-order valence-electron chi connectivity index (χ3n) is 3.88. The molecular weight excluding hydrogens is 340 g/mol. The molecular formula is C13H12ClF2NO4S. The normalized spacial score (nSPS) is 26.5. The van der Waals surface area contributed by atoms with Crippen molar-refractivity contribution in [1.29, 1.82) is 0 Å². The Morgan fingerprint density at radius 3 is 2.68 bits per heavy atom. The lowest BCUT2D eigenvalue weighted by Crippen LogP contribution is -2.36. The summed E-state index contributed by atoms with van der Waals surface area (Å²) < 4.78 is 52.1. The fraction of sp³-hybridized carbons (Fsp3) is 0.462. The summed E-state index contributed by atoms with van der Waals surface area (Å²) >= 11 is 5.88. The van der Waals surface area contributed by atoms with E-state index in [0.717, 1.165) is 0 Å². The van der Waals surface area contributed by atoms with Crippen molar-refractivity contribution in [1.82, 2.24) is 0 Å². The van der Waals surface area contributed by atoms with Gasteiger partial charge in [-0.15, -0.1) is 0 Å². The van der Waals surface area contributed by atoms with Crippen LogP contribution in [0.5, 0.6) is 5.75 Å². The molecule has 0 saturated carbocycles. The Labute approximate surface area is 130 Å². The highest BCUT2D eigenvalue weighted by molar-refractivity contribution is 7.91. The second-order valence-electron chi connectivity index (χ2n) is 5.37. The molecule has 1 amide bonds. The number of amides is 1. The van der Waals surface area contributed by atoms with Gasteiger partial charge in [0.25, 0.3) is 0 Å². The van der Waals surface area contributed by atoms with Crippen molar-refractivity contribution in [3.63, 3.8) is 0 Å². The second-order valence-corrected chi connectivity index (χ2v) is 7.93. The highest BCUT2D eigenvalue weighted by Crippen LogP contribution is 2.39. The first kappa shape index (κ1) is 15.5. The van der Waals surface area contributed by atoms with E-state index in [-0.39, 0.29) is 40.5 Å². The van der Waals surface area contributed by atoms with Gasteiger partial charge in [-0.2, -0.15) is 8.78 Å². The van der Waals surface area contributed by atoms with E-state index in [2.05, 4.69) is 4.74 Å². The summed E-state index contributed by atoms with van der Waals surface area (Å²) in [7, 11) is -3.15. The minimum atomic E-state index is -3.15. The monoisotopic (exact) mass is 351 g/mol. The van der Waals surface area contributed by atoms with Crippen LogP contribution in [0.2, 0.25) is 5.02 Å². The number of hydrogen-bond acceptors (Lipinski definition) is 4. The smallest absolute Gasteiger partial charge is 0.387 e. The van der Waals surface area contributed by atoms with E-state index < -0.39 is 22.5 Å². The SMILES string of the molecule is O=C1C[C@H]2CS(=O)(=O)C[C@H]2N1c1ccc(OC(F)F)c(Cl)c1. The molecule has 22 heavy (non-hydrogen) atoms. The highest BCUT2D eigenvalue weighted by atomic mass is 35.5. The van der Waals surface area contributed by atoms with E-state index in [1.54, 1.807) is 0 Å². The zero-order chi connectivity index (χ0) is 16.1. The van der Waals surface area contributed by atoms with Gasteiger partial charge in [0.15, 0.2) is 9.84 Å². The van der Waals surface area contributed by atoms with Crippen LogP contribution in [0.4, 0.5) is 14.5 Å². The number of anilines is 1. The van der Waals surface area contributed by atoms with Crippen LogP contribution in [0.15, 0.2) is 18.2 Å². The molecule has 2 fully saturated rings. The largest absolute Gasteiger partial charge is 0.433 e. The predicted molar refractivity (Wildman–Crippen MR) is 76.1 cm³/mol. The fourth-order valence-corrected chi connectivity index (χ4v) is 5.35. The first-order chi connectivity index (χ1) is 10.3. The Hall–Kier alpha value is -1.41. The molecule has 3 rings (SSSR count). The van der Waals surface area contributed by atoms with Crippen LogP contribution >= 0.6 is 11.6 Å². The Morgan fingerprint density at radius 1 is 1.32 bits per heavy atom. The van der Waals surface area contributed by atoms with Gasteiger partial charge in [0.1, 0.15) is 5.75 Å². The predicted octanol–water partition coefficient (Wildman–Crippen LogP) is 2.09. The molecule has 2 heterocycles. The molecule has 0 radical (unpaired) electrons. The van der Waals surface area contributed by atoms with E-state index in [0.29, 0.717) is 5.69 Å². The van der Waals surface area contributed by atoms with Gasteiger partial charge in [0, 0.05) is 18.0 Å². The molecule has 120 valence electrons. The Morgan fingerprint density at radius 2 is 2.05 bits per heavy atom. The van der Waals surface area contributed by atoms with Crippen LogP contribution in [0.3, 0.4) is 0 Å². The van der Waals surface area contributed by atoms with Crippen molar-refractivity contribution in [2.24, 2.45) is 5.92 Å². The van der Waals surface area contributed by atoms with Crippen LogP contribution in [-0.2, 0) is 14.6 Å². The lowest BCUT2D eigenvalue weighted by Gasteiger charge is -2.24. The lowest BCUT2D eigenvalue weighted by molar-refractivity contribution is -0.117. The molecule has 0 N–H and O–H groups in total. The molecule has 5 nitrogen and oxygen atoms in total. The number of nitrogens with zero attached hydrogens (tertiary/aromatic N) is 1. The van der Waals surface area contributed by atoms with Gasteiger partial charge < -0.3 is 9.64 Å². The zero-order valence-corrected chi connectivity index (χ0v) is 12.8. The standard InChI is InChI=1S/C13H12ClF2NO4S/c14-9-4-8(1-2-11(9)21-13(15)16)17-10-6-22(19,20)5-7(10)3-12(17)18/h1-2,4,7,10,13H,3,5-6H2/t7-,10+/m0/s1. The van der Waals surface area contributed by atoms with Gasteiger partial charge in [0.05, 0.1) is 22.6 Å². The maximum Gasteiger partial charge on any atom is 0.387 e. The summed E-state index contributed by atoms with van der Waals surface area (Å²) in [5, 5.41) is -0.0603. The topological polar surface area (TPSA) is 63.7 Å². The third kappa shape index (κ3) is 2.77. The molecule has 0 aliphatic carbocycles. The fourth-order valence-electron chi connectivity index (χ4n) is 3.06. The molecule has 0 unspecified atom stereocenters. The molecule has 2 saturated heterocycles. The van der Waals surface area contributed by atoms with Gasteiger partial charge in [-0.05, 0) is 18.2 Å². The number of halogens is 3. The average molecular weight is 352 g/mol. The van der Waals surface area contributed by atoms with Crippen LogP contribution in [0, 0.1) is 5.92 Å². The molecule has 0 bridgehead atoms. The number of hydrogen-bond donors (Lipinski definition) is 0. The van der Waals surface area contributed by atoms with E-state index in [4.69, 9.17) is 11.6 Å². The van der Waals surface area contributed by atoms with Gasteiger partial charge in [-0.25, -0.2) is 8.42 Å². The van der Waals surface area contributed by atoms with Crippen molar-refractivity contribution in [2.75, 3.05) is 16.4 Å². The molecule has 2 atom stereocenters. The van der Waals surface area contributed by atoms with Gasteiger partial charge in [0.2, 0.25) is 5.91 Å². The second kappa shape index (κ2) is 5.34. The highest BCUT2D eigenvalue weighted by Gasteiger charge is 2.49. The molecule has 1 aromatic carbocycles. The Balaban J connectivity index is 1.90. The van der Waals surface area contributed by atoms with Gasteiger partial charge in [-0.3, -0.25) is 4.79 Å². The van der Waals surface area contributed by atoms with E-state index in [1.165, 1.54) is 23.1 Å². The summed E-state index contributed by atoms with van der Waals surface area (Å²) in [6.45, 7) is -3.00. The number of alkyl halides is 2. The molecule has 0 spiro atoms. The minimum Gasteiger partial charge on any atom is -0.433 e. The summed E-state index contributed by atoms with van der Waals surface area (Å²) in [5.41, 5.74) is 0.390. The quantitative estimate of drug-likeness (QED) is 0.836. The number of carbonyl (C=O) groups excluding carboxylic acids is 1. The first-order valence-electron chi connectivity index (χ1n) is 6.54. The number of carbonyl (C=O) groups is 1. The maximum absolute atomic E-state index is 12.2. The summed E-state index contributed by atoms with van der Waals surface area (Å²) in [6.07, 6.45) is 0.163. The van der Waals surface area contributed by atoms with E-state index in [9.17, 15) is 22.0 Å². The molecule has 0 aromatic heterocycles. The summed E-state index contributed by atoms with van der Waals surface area (Å²) in [6, 6.07) is 3.59. The van der Waals surface area contributed by atoms with Crippen molar-refractivity contribution in [2.45, 2.75) is 19.1 Å². The number of ether oxygens (including phenoxy) is 1. The van der Waals surface area contributed by atoms with Crippen LogP contribution in [0.1, 0.15) is 6.42 Å². The first-order valence-corrected chi connectivity index (χ1v) is 8.73. The summed E-state index contributed by atoms with van der Waals surface area (Å²) in [4.78, 5) is 13.5. The zero-order valence-electron chi connectivity index (χ0n) is 11.2. The Bertz CT molecular complexity index is 725. The number of rotatable bonds is 3. The van der Waals surface area contributed by atoms with Crippen LogP contribution in [-0.4, -0.2) is 38.5 Å². The average Bonchev–Trinajstić information content (AvgIpc) is 2.81. The number of sulfone groups is 1. The van der Waals surface area contributed by atoms with Crippen molar-refractivity contribution in [3.8, 4) is 5.75 Å². The van der Waals surface area contributed by atoms with Crippen molar-refractivity contribution >= 4 is 33.0 Å². The minimum absolute atomic E-state index is 0.000214. The van der Waals surface area contributed by atoms with E-state index in [1.807, 2.05) is 0 Å². The van der Waals surface area contributed by atoms with E-state index >= 15 is 0 Å². The molecule has 1 aromatic rings. The summed E-state index contributed by atoms with van der Waals surface area (Å²) in [5.74, 6) is -0.698. The van der Waals surface area contributed by atoms with Crippen molar-refractivity contribution in [3.05, 3.63) is 23.2 Å². The molecule has 2 aliphatic rings. The van der Waals surface area contributed by atoms with Gasteiger partial charge in [-0.1, -0.05) is 11.6 Å². The lowest BCUT2D eigenvalue weighted by atomic mass is 10.0. The van der Waals surface area contributed by atoms with Gasteiger partial charge >= 0.3 is 6.61 Å². The molecule has 9 heteroatoms. The molecule has 2 aliphatic heterocycles.